The second kappa shape index (κ2) is 20.2. The molecule has 7 nitrogen and oxygen atoms in total. The van der Waals surface area contributed by atoms with Crippen LogP contribution in [0.25, 0.3) is 0 Å². The first kappa shape index (κ1) is 34.1. The predicted octanol–water partition coefficient (Wildman–Crippen LogP) is 5.28. The minimum atomic E-state index is -1.15. The molecule has 0 aromatic rings. The van der Waals surface area contributed by atoms with E-state index in [4.69, 9.17) is 0 Å². The summed E-state index contributed by atoms with van der Waals surface area (Å²) in [6.45, 7) is 8.92. The summed E-state index contributed by atoms with van der Waals surface area (Å²) in [6.07, 6.45) is 17.0. The van der Waals surface area contributed by atoms with E-state index in [2.05, 4.69) is 19.1 Å². The molecule has 210 valence electrons. The molecule has 3 atom stereocenters. The fourth-order valence-corrected chi connectivity index (χ4v) is 5.02. The molecule has 0 aliphatic rings. The molecule has 0 aliphatic heterocycles. The lowest BCUT2D eigenvalue weighted by Gasteiger charge is -2.44. The Bertz CT molecular complexity index is 588. The van der Waals surface area contributed by atoms with Gasteiger partial charge in [0.2, 0.25) is 0 Å². The summed E-state index contributed by atoms with van der Waals surface area (Å²) >= 11 is 0. The Labute approximate surface area is 219 Å². The predicted molar refractivity (Wildman–Crippen MR) is 142 cm³/mol. The topological polar surface area (TPSA) is 115 Å². The Balaban J connectivity index is 5.30. The molecule has 0 fully saturated rings. The first-order valence-electron chi connectivity index (χ1n) is 14.3. The molecule has 0 bridgehead atoms. The number of hydrogen-bond acceptors (Lipinski definition) is 4. The minimum absolute atomic E-state index is 0.204. The zero-order valence-electron chi connectivity index (χ0n) is 23.4. The van der Waals surface area contributed by atoms with Crippen LogP contribution < -0.4 is 5.11 Å². The third-order valence-corrected chi connectivity index (χ3v) is 7.48. The van der Waals surface area contributed by atoms with Crippen LogP contribution in [0.3, 0.4) is 0 Å². The van der Waals surface area contributed by atoms with Crippen LogP contribution in [0.2, 0.25) is 0 Å². The van der Waals surface area contributed by atoms with Crippen molar-refractivity contribution in [2.24, 2.45) is 17.8 Å². The third-order valence-electron chi connectivity index (χ3n) is 7.48. The lowest BCUT2D eigenvalue weighted by Crippen LogP contribution is -2.59. The highest BCUT2D eigenvalue weighted by Crippen LogP contribution is 2.25. The van der Waals surface area contributed by atoms with Gasteiger partial charge in [-0.3, -0.25) is 9.59 Å². The van der Waals surface area contributed by atoms with Gasteiger partial charge in [-0.2, -0.15) is 0 Å². The Morgan fingerprint density at radius 2 is 1.08 bits per heavy atom. The molecule has 2 N–H and O–H groups in total. The second-order valence-corrected chi connectivity index (χ2v) is 10.4. The molecule has 0 spiro atoms. The van der Waals surface area contributed by atoms with E-state index in [9.17, 15) is 29.7 Å². The lowest BCUT2D eigenvalue weighted by atomic mass is 9.95. The van der Waals surface area contributed by atoms with E-state index in [-0.39, 0.29) is 24.1 Å². The van der Waals surface area contributed by atoms with Crippen molar-refractivity contribution < 1.29 is 34.2 Å². The molecular weight excluding hydrogens is 458 g/mol. The van der Waals surface area contributed by atoms with E-state index in [0.29, 0.717) is 25.8 Å². The van der Waals surface area contributed by atoms with Gasteiger partial charge in [-0.05, 0) is 57.8 Å². The number of rotatable bonds is 24. The fourth-order valence-electron chi connectivity index (χ4n) is 5.02. The molecule has 0 amide bonds. The van der Waals surface area contributed by atoms with Crippen LogP contribution in [0, 0.1) is 17.8 Å². The number of carboxylic acid groups (broad SMARTS) is 3. The first-order chi connectivity index (χ1) is 17.2. The normalized spacial score (nSPS) is 15.9. The molecule has 7 heteroatoms. The Morgan fingerprint density at radius 1 is 0.667 bits per heavy atom. The van der Waals surface area contributed by atoms with Crippen LogP contribution in [-0.4, -0.2) is 58.8 Å². The van der Waals surface area contributed by atoms with E-state index in [1.165, 1.54) is 32.1 Å². The number of carbonyl (C=O) groups excluding carboxylic acids is 1. The molecule has 0 saturated carbocycles. The van der Waals surface area contributed by atoms with Crippen molar-refractivity contribution in [1.29, 1.82) is 0 Å². The number of nitrogens with zero attached hydrogens (tertiary/aromatic N) is 1. The highest BCUT2D eigenvalue weighted by molar-refractivity contribution is 5.70. The van der Waals surface area contributed by atoms with Crippen LogP contribution >= 0.6 is 0 Å². The molecule has 0 saturated heterocycles. The highest BCUT2D eigenvalue weighted by Gasteiger charge is 2.39. The van der Waals surface area contributed by atoms with Gasteiger partial charge in [0.25, 0.3) is 0 Å². The average Bonchev–Trinajstić information content (AvgIpc) is 2.84. The lowest BCUT2D eigenvalue weighted by molar-refractivity contribution is -0.935. The van der Waals surface area contributed by atoms with Crippen LogP contribution in [0.1, 0.15) is 111 Å². The molecule has 0 aromatic carbocycles. The molecule has 0 aliphatic carbocycles. The van der Waals surface area contributed by atoms with Crippen LogP contribution in [-0.2, 0) is 14.4 Å². The van der Waals surface area contributed by atoms with E-state index in [1.807, 2.05) is 13.8 Å². The van der Waals surface area contributed by atoms with Crippen molar-refractivity contribution in [1.82, 2.24) is 0 Å². The summed E-state index contributed by atoms with van der Waals surface area (Å²) in [5.74, 6) is -4.99. The van der Waals surface area contributed by atoms with Crippen molar-refractivity contribution >= 4 is 17.9 Å². The van der Waals surface area contributed by atoms with Crippen molar-refractivity contribution in [2.45, 2.75) is 111 Å². The van der Waals surface area contributed by atoms with Gasteiger partial charge >= 0.3 is 11.9 Å². The van der Waals surface area contributed by atoms with Gasteiger partial charge in [0, 0.05) is 5.92 Å². The maximum atomic E-state index is 11.9. The Kier molecular flexibility index (Phi) is 19.1. The van der Waals surface area contributed by atoms with Gasteiger partial charge < -0.3 is 24.6 Å². The fraction of sp³-hybridized carbons (Fsp3) is 0.828. The maximum absolute atomic E-state index is 11.9. The number of carboxylic acids is 3. The number of hydrogen-bond donors (Lipinski definition) is 2. The zero-order chi connectivity index (χ0) is 27.4. The Morgan fingerprint density at radius 3 is 1.47 bits per heavy atom. The van der Waals surface area contributed by atoms with Crippen molar-refractivity contribution in [3.8, 4) is 0 Å². The molecule has 36 heavy (non-hydrogen) atoms. The quantitative estimate of drug-likeness (QED) is 0.104. The Hall–Kier alpha value is -1.89. The summed E-state index contributed by atoms with van der Waals surface area (Å²) in [5.41, 5.74) is 0. The molecule has 0 radical (unpaired) electrons. The number of allylic oxidation sites excluding steroid dienone is 2. The smallest absolute Gasteiger partial charge is 0.312 e. The van der Waals surface area contributed by atoms with Crippen LogP contribution in [0.15, 0.2) is 12.2 Å². The zero-order valence-corrected chi connectivity index (χ0v) is 23.4. The van der Waals surface area contributed by atoms with E-state index in [1.54, 1.807) is 6.92 Å². The standard InChI is InChI=1S/C29H53NO6/c1-5-9-10-11-12-13-14-15-16-17-18-19-20-30(21-24(6-2)27(31)32,22-25(7-3)28(33)34)23-26(8-4)29(35)36/h14-15,24-26H,5-13,16-23H2,1-4H3,(H2-,31,32,33,34,35,36)/b15-14+. The largest absolute Gasteiger partial charge is 0.550 e. The van der Waals surface area contributed by atoms with Gasteiger partial charge in [0.05, 0.1) is 32.1 Å². The molecule has 0 rings (SSSR count). The molecule has 3 unspecified atom stereocenters. The number of quaternary nitrogens is 1. The van der Waals surface area contributed by atoms with Gasteiger partial charge in [0.1, 0.15) is 11.8 Å². The number of carbonyl (C=O) groups is 3. The van der Waals surface area contributed by atoms with Crippen molar-refractivity contribution in [2.75, 3.05) is 26.2 Å². The molecular formula is C29H53NO6. The summed E-state index contributed by atoms with van der Waals surface area (Å²) < 4.78 is 0.204. The number of aliphatic carboxylic acids is 3. The highest BCUT2D eigenvalue weighted by atomic mass is 16.4. The summed E-state index contributed by atoms with van der Waals surface area (Å²) in [5, 5.41) is 31.3. The molecule has 0 heterocycles. The monoisotopic (exact) mass is 511 g/mol. The van der Waals surface area contributed by atoms with Gasteiger partial charge in [0.15, 0.2) is 0 Å². The summed E-state index contributed by atoms with van der Waals surface area (Å²) in [4.78, 5) is 35.6. The second-order valence-electron chi connectivity index (χ2n) is 10.4. The summed E-state index contributed by atoms with van der Waals surface area (Å²) in [7, 11) is 0. The maximum Gasteiger partial charge on any atom is 0.312 e. The van der Waals surface area contributed by atoms with Crippen LogP contribution in [0.5, 0.6) is 0 Å². The SMILES string of the molecule is CCCCCCC/C=C/CCCCC[N+](CC(CC)C(=O)[O-])(CC(CC)C(=O)O)CC(CC)C(=O)O. The summed E-state index contributed by atoms with van der Waals surface area (Å²) in [6, 6.07) is 0. The molecule has 0 aromatic heterocycles. The number of unbranched alkanes of at least 4 members (excludes halogenated alkanes) is 8. The first-order valence-corrected chi connectivity index (χ1v) is 14.3. The van der Waals surface area contributed by atoms with Gasteiger partial charge in [-0.15, -0.1) is 0 Å². The van der Waals surface area contributed by atoms with E-state index >= 15 is 0 Å². The minimum Gasteiger partial charge on any atom is -0.550 e. The van der Waals surface area contributed by atoms with Gasteiger partial charge in [-0.1, -0.05) is 65.5 Å². The van der Waals surface area contributed by atoms with E-state index in [0.717, 1.165) is 32.1 Å². The third kappa shape index (κ3) is 14.6. The van der Waals surface area contributed by atoms with Crippen molar-refractivity contribution in [3.63, 3.8) is 0 Å². The van der Waals surface area contributed by atoms with Crippen LogP contribution in [0.4, 0.5) is 0 Å². The van der Waals surface area contributed by atoms with Gasteiger partial charge in [-0.25, -0.2) is 0 Å². The average molecular weight is 512 g/mol. The van der Waals surface area contributed by atoms with E-state index < -0.39 is 35.7 Å². The van der Waals surface area contributed by atoms with Crippen molar-refractivity contribution in [3.05, 3.63) is 12.2 Å².